The fourth-order valence-corrected chi connectivity index (χ4v) is 4.91. The van der Waals surface area contributed by atoms with Gasteiger partial charge in [-0.2, -0.15) is 0 Å². The molecule has 5 heteroatoms. The number of carbonyl (C=O) groups is 1. The summed E-state index contributed by atoms with van der Waals surface area (Å²) in [6, 6.07) is 7.94. The number of aliphatic carboxylic acids is 1. The molecule has 31 heavy (non-hydrogen) atoms. The van der Waals surface area contributed by atoms with E-state index in [4.69, 9.17) is 14.6 Å². The van der Waals surface area contributed by atoms with E-state index in [0.29, 0.717) is 17.6 Å². The molecular weight excluding hydrogens is 392 g/mol. The molecule has 2 N–H and O–H groups in total. The van der Waals surface area contributed by atoms with Crippen molar-refractivity contribution in [3.05, 3.63) is 42.0 Å². The van der Waals surface area contributed by atoms with E-state index in [-0.39, 0.29) is 30.7 Å². The Morgan fingerprint density at radius 2 is 2.10 bits per heavy atom. The van der Waals surface area contributed by atoms with Crippen molar-refractivity contribution in [2.75, 3.05) is 6.61 Å². The number of fused-ring (bicyclic) bond motifs is 2. The van der Waals surface area contributed by atoms with Crippen LogP contribution in [0.15, 0.2) is 36.4 Å². The molecule has 2 aliphatic heterocycles. The van der Waals surface area contributed by atoms with Gasteiger partial charge in [0.25, 0.3) is 0 Å². The average Bonchev–Trinajstić information content (AvgIpc) is 3.32. The van der Waals surface area contributed by atoms with Crippen LogP contribution in [0.1, 0.15) is 64.9 Å². The fourth-order valence-electron chi connectivity index (χ4n) is 4.91. The molecule has 2 bridgehead atoms. The van der Waals surface area contributed by atoms with Crippen LogP contribution >= 0.6 is 0 Å². The molecule has 0 spiro atoms. The predicted molar refractivity (Wildman–Crippen MR) is 121 cm³/mol. The molecule has 2 heterocycles. The van der Waals surface area contributed by atoms with Gasteiger partial charge >= 0.3 is 5.97 Å². The molecule has 0 aromatic heterocycles. The van der Waals surface area contributed by atoms with E-state index in [9.17, 15) is 9.90 Å². The van der Waals surface area contributed by atoms with Crippen molar-refractivity contribution in [3.63, 3.8) is 0 Å². The van der Waals surface area contributed by atoms with Gasteiger partial charge in [-0.15, -0.1) is 0 Å². The maximum atomic E-state index is 10.8. The second-order valence-electron chi connectivity index (χ2n) is 9.80. The number of rotatable bonds is 12. The van der Waals surface area contributed by atoms with E-state index < -0.39 is 12.1 Å². The highest BCUT2D eigenvalue weighted by atomic mass is 16.5. The Kier molecular flexibility index (Phi) is 8.17. The number of hydrogen-bond donors (Lipinski definition) is 2. The number of carboxylic acid groups (broad SMARTS) is 1. The lowest BCUT2D eigenvalue weighted by molar-refractivity contribution is -0.137. The van der Waals surface area contributed by atoms with Crippen molar-refractivity contribution in [1.29, 1.82) is 0 Å². The molecule has 1 unspecified atom stereocenters. The first kappa shape index (κ1) is 23.8. The van der Waals surface area contributed by atoms with E-state index in [1.165, 1.54) is 5.56 Å². The third-order valence-corrected chi connectivity index (χ3v) is 6.93. The second kappa shape index (κ2) is 10.6. The van der Waals surface area contributed by atoms with Gasteiger partial charge in [0.15, 0.2) is 0 Å². The number of benzene rings is 1. The van der Waals surface area contributed by atoms with Crippen LogP contribution in [-0.2, 0) is 16.0 Å². The summed E-state index contributed by atoms with van der Waals surface area (Å²) in [6.45, 7) is 6.64. The van der Waals surface area contributed by atoms with E-state index in [1.54, 1.807) is 0 Å². The van der Waals surface area contributed by atoms with Crippen molar-refractivity contribution in [2.45, 2.75) is 84.0 Å². The van der Waals surface area contributed by atoms with Crippen LogP contribution < -0.4 is 4.74 Å². The number of hydrogen-bond acceptors (Lipinski definition) is 4. The van der Waals surface area contributed by atoms with Crippen molar-refractivity contribution < 1.29 is 24.5 Å². The monoisotopic (exact) mass is 430 g/mol. The standard InChI is InChI=1S/C26H38O5/c1-4-5-14-26(2,3)24(27)12-9-20-21(23-11-10-22(20)31-23)17-18-7-6-8-19(16-18)30-15-13-25(28)29/h6-9,12,16,20-24,27H,4-5,10-11,13-15,17H2,1-3H3,(H,28,29)/t20-,21+,22-,23+,24?/m1/s1. The van der Waals surface area contributed by atoms with E-state index in [1.807, 2.05) is 24.3 Å². The minimum Gasteiger partial charge on any atom is -0.493 e. The SMILES string of the molecule is CCCCC(C)(C)C(O)C=C[C@@H]1[C@H](Cc2cccc(OCCC(=O)O)c2)[C@@H]2CC[C@H]1O2. The molecule has 0 amide bonds. The molecule has 1 aromatic carbocycles. The second-order valence-corrected chi connectivity index (χ2v) is 9.80. The van der Waals surface area contributed by atoms with Crippen LogP contribution in [0, 0.1) is 17.3 Å². The molecule has 5 nitrogen and oxygen atoms in total. The number of unbranched alkanes of at least 4 members (excludes halogenated alkanes) is 1. The van der Waals surface area contributed by atoms with E-state index >= 15 is 0 Å². The molecule has 0 saturated carbocycles. The van der Waals surface area contributed by atoms with Crippen LogP contribution in [0.2, 0.25) is 0 Å². The molecular formula is C26H38O5. The summed E-state index contributed by atoms with van der Waals surface area (Å²) in [5, 5.41) is 19.6. The van der Waals surface area contributed by atoms with Crippen molar-refractivity contribution in [1.82, 2.24) is 0 Å². The van der Waals surface area contributed by atoms with Crippen LogP contribution in [0.4, 0.5) is 0 Å². The molecule has 2 fully saturated rings. The first-order valence-corrected chi connectivity index (χ1v) is 11.8. The zero-order valence-corrected chi connectivity index (χ0v) is 19.1. The van der Waals surface area contributed by atoms with Crippen LogP contribution in [-0.4, -0.2) is 41.1 Å². The normalized spacial score (nSPS) is 26.5. The van der Waals surface area contributed by atoms with Gasteiger partial charge in [-0.05, 0) is 54.7 Å². The smallest absolute Gasteiger partial charge is 0.306 e. The first-order valence-electron chi connectivity index (χ1n) is 11.8. The number of aliphatic hydroxyl groups excluding tert-OH is 1. The van der Waals surface area contributed by atoms with E-state index in [0.717, 1.165) is 38.5 Å². The van der Waals surface area contributed by atoms with Gasteiger partial charge in [0.1, 0.15) is 5.75 Å². The highest BCUT2D eigenvalue weighted by molar-refractivity contribution is 5.66. The van der Waals surface area contributed by atoms with Crippen molar-refractivity contribution >= 4 is 5.97 Å². The molecule has 2 saturated heterocycles. The molecule has 0 radical (unpaired) electrons. The highest BCUT2D eigenvalue weighted by Crippen LogP contribution is 2.46. The molecule has 172 valence electrons. The van der Waals surface area contributed by atoms with Gasteiger partial charge < -0.3 is 19.7 Å². The number of ether oxygens (including phenoxy) is 2. The maximum absolute atomic E-state index is 10.8. The van der Waals surface area contributed by atoms with Gasteiger partial charge in [-0.1, -0.05) is 57.9 Å². The summed E-state index contributed by atoms with van der Waals surface area (Å²) in [5.74, 6) is 0.551. The van der Waals surface area contributed by atoms with Crippen LogP contribution in [0.5, 0.6) is 5.75 Å². The average molecular weight is 431 g/mol. The van der Waals surface area contributed by atoms with Crippen LogP contribution in [0.25, 0.3) is 0 Å². The third-order valence-electron chi connectivity index (χ3n) is 6.93. The lowest BCUT2D eigenvalue weighted by atomic mass is 9.75. The Balaban J connectivity index is 1.64. The summed E-state index contributed by atoms with van der Waals surface area (Å²) < 4.78 is 11.8. The highest BCUT2D eigenvalue weighted by Gasteiger charge is 2.47. The van der Waals surface area contributed by atoms with Gasteiger partial charge in [-0.25, -0.2) is 0 Å². The van der Waals surface area contributed by atoms with Crippen molar-refractivity contribution in [2.24, 2.45) is 17.3 Å². The van der Waals surface area contributed by atoms with Crippen molar-refractivity contribution in [3.8, 4) is 5.75 Å². The lowest BCUT2D eigenvalue weighted by Crippen LogP contribution is -2.30. The predicted octanol–water partition coefficient (Wildman–Crippen LogP) is 5.01. The Morgan fingerprint density at radius 3 is 2.84 bits per heavy atom. The summed E-state index contributed by atoms with van der Waals surface area (Å²) in [5.41, 5.74) is 1.05. The van der Waals surface area contributed by atoms with E-state index in [2.05, 4.69) is 32.9 Å². The van der Waals surface area contributed by atoms with Gasteiger partial charge in [0, 0.05) is 5.92 Å². The molecule has 2 aliphatic rings. The first-order chi connectivity index (χ1) is 14.8. The maximum Gasteiger partial charge on any atom is 0.306 e. The van der Waals surface area contributed by atoms with Crippen LogP contribution in [0.3, 0.4) is 0 Å². The zero-order chi connectivity index (χ0) is 22.4. The third kappa shape index (κ3) is 6.33. The minimum absolute atomic E-state index is 0.00571. The quantitative estimate of drug-likeness (QED) is 0.456. The topological polar surface area (TPSA) is 76.0 Å². The Hall–Kier alpha value is -1.85. The fraction of sp³-hybridized carbons (Fsp3) is 0.654. The van der Waals surface area contributed by atoms with Gasteiger partial charge in [0.2, 0.25) is 0 Å². The lowest BCUT2D eigenvalue weighted by Gasteiger charge is -2.30. The van der Waals surface area contributed by atoms with Gasteiger partial charge in [-0.3, -0.25) is 4.79 Å². The summed E-state index contributed by atoms with van der Waals surface area (Å²) in [4.78, 5) is 10.7. The molecule has 3 rings (SSSR count). The number of aliphatic hydroxyl groups is 1. The summed E-state index contributed by atoms with van der Waals surface area (Å²) in [7, 11) is 0. The van der Waals surface area contributed by atoms with Gasteiger partial charge in [0.05, 0.1) is 31.3 Å². The zero-order valence-electron chi connectivity index (χ0n) is 19.1. The largest absolute Gasteiger partial charge is 0.493 e. The Labute approximate surface area is 186 Å². The Bertz CT molecular complexity index is 756. The Morgan fingerprint density at radius 1 is 1.32 bits per heavy atom. The minimum atomic E-state index is -0.857. The molecule has 5 atom stereocenters. The summed E-state index contributed by atoms with van der Waals surface area (Å²) >= 11 is 0. The number of carboxylic acids is 1. The summed E-state index contributed by atoms with van der Waals surface area (Å²) in [6.07, 6.45) is 10.6. The molecule has 1 aromatic rings. The molecule has 0 aliphatic carbocycles.